The number of esters is 1. The van der Waals surface area contributed by atoms with E-state index in [4.69, 9.17) is 9.47 Å². The number of rotatable bonds is 15. The van der Waals surface area contributed by atoms with E-state index in [1.165, 1.54) is 32.1 Å². The van der Waals surface area contributed by atoms with Crippen LogP contribution < -0.4 is 9.47 Å². The Morgan fingerprint density at radius 3 is 2.12 bits per heavy atom. The Labute approximate surface area is 194 Å². The van der Waals surface area contributed by atoms with Crippen LogP contribution in [0.2, 0.25) is 0 Å². The zero-order valence-electron chi connectivity index (χ0n) is 20.4. The second kappa shape index (κ2) is 13.9. The first kappa shape index (κ1) is 25.8. The number of aromatic nitrogens is 2. The van der Waals surface area contributed by atoms with Gasteiger partial charge in [-0.3, -0.25) is 4.79 Å². The number of benzene rings is 1. The molecule has 32 heavy (non-hydrogen) atoms. The van der Waals surface area contributed by atoms with Crippen LogP contribution in [0.1, 0.15) is 91.9 Å². The summed E-state index contributed by atoms with van der Waals surface area (Å²) >= 11 is 0. The van der Waals surface area contributed by atoms with E-state index in [0.717, 1.165) is 31.2 Å². The van der Waals surface area contributed by atoms with Gasteiger partial charge in [0.25, 0.3) is 0 Å². The first-order valence-corrected chi connectivity index (χ1v) is 12.2. The lowest BCUT2D eigenvalue weighted by Gasteiger charge is -2.23. The molecule has 176 valence electrons. The monoisotopic (exact) mass is 440 g/mol. The Hall–Kier alpha value is -2.43. The maximum absolute atomic E-state index is 12.3. The third-order valence-corrected chi connectivity index (χ3v) is 5.57. The lowest BCUT2D eigenvalue weighted by atomic mass is 9.84. The number of ether oxygens (including phenoxy) is 2. The van der Waals surface area contributed by atoms with E-state index in [1.807, 2.05) is 12.1 Å². The van der Waals surface area contributed by atoms with Crippen LogP contribution in [0.3, 0.4) is 0 Å². The van der Waals surface area contributed by atoms with Crippen LogP contribution in [0.5, 0.6) is 11.5 Å². The molecule has 5 nitrogen and oxygen atoms in total. The van der Waals surface area contributed by atoms with E-state index in [0.29, 0.717) is 30.4 Å². The summed E-state index contributed by atoms with van der Waals surface area (Å²) in [5.74, 6) is 1.67. The number of hydrogen-bond donors (Lipinski definition) is 0. The fraction of sp³-hybridized carbons (Fsp3) is 0.593. The number of hydrogen-bond acceptors (Lipinski definition) is 5. The first-order valence-electron chi connectivity index (χ1n) is 12.2. The minimum Gasteiger partial charge on any atom is -0.490 e. The van der Waals surface area contributed by atoms with Crippen molar-refractivity contribution in [2.45, 2.75) is 91.9 Å². The Bertz CT molecular complexity index is 786. The zero-order chi connectivity index (χ0) is 23.2. The SMILES string of the molecule is CCCCCCCCOc1cnc(-c2ccc(OC(=O)CC(C)(C)CCCC)cc2)nc1. The highest BCUT2D eigenvalue weighted by Gasteiger charge is 2.22. The van der Waals surface area contributed by atoms with Gasteiger partial charge in [-0.25, -0.2) is 9.97 Å². The third-order valence-electron chi connectivity index (χ3n) is 5.57. The molecule has 0 N–H and O–H groups in total. The van der Waals surface area contributed by atoms with Gasteiger partial charge in [-0.1, -0.05) is 72.6 Å². The van der Waals surface area contributed by atoms with Gasteiger partial charge < -0.3 is 9.47 Å². The van der Waals surface area contributed by atoms with Crippen LogP contribution in [-0.2, 0) is 4.79 Å². The van der Waals surface area contributed by atoms with Gasteiger partial charge in [0.05, 0.1) is 25.4 Å². The smallest absolute Gasteiger partial charge is 0.311 e. The second-order valence-electron chi connectivity index (χ2n) is 9.30. The van der Waals surface area contributed by atoms with Gasteiger partial charge in [-0.05, 0) is 42.5 Å². The highest BCUT2D eigenvalue weighted by Crippen LogP contribution is 2.28. The molecular formula is C27H40N2O3. The molecule has 2 rings (SSSR count). The maximum Gasteiger partial charge on any atom is 0.311 e. The highest BCUT2D eigenvalue weighted by atomic mass is 16.5. The minimum atomic E-state index is -0.193. The second-order valence-corrected chi connectivity index (χ2v) is 9.30. The molecule has 1 aromatic heterocycles. The molecule has 0 aliphatic carbocycles. The van der Waals surface area contributed by atoms with Crippen molar-refractivity contribution in [3.8, 4) is 22.9 Å². The standard InChI is InChI=1S/C27H40N2O3/c1-5-7-9-10-11-12-18-31-24-20-28-26(29-21-24)22-13-15-23(16-14-22)32-25(30)19-27(3,4)17-8-6-2/h13-16,20-21H,5-12,17-19H2,1-4H3. The van der Waals surface area contributed by atoms with Crippen LogP contribution >= 0.6 is 0 Å². The number of carbonyl (C=O) groups is 1. The molecule has 1 aromatic carbocycles. The lowest BCUT2D eigenvalue weighted by molar-refractivity contribution is -0.136. The molecule has 5 heteroatoms. The van der Waals surface area contributed by atoms with E-state index in [9.17, 15) is 4.79 Å². The maximum atomic E-state index is 12.3. The topological polar surface area (TPSA) is 61.3 Å². The Morgan fingerprint density at radius 1 is 0.844 bits per heavy atom. The fourth-order valence-corrected chi connectivity index (χ4v) is 3.59. The predicted octanol–water partition coefficient (Wildman–Crippen LogP) is 7.39. The molecule has 2 aromatic rings. The van der Waals surface area contributed by atoms with Crippen LogP contribution in [0.4, 0.5) is 0 Å². The Morgan fingerprint density at radius 2 is 1.47 bits per heavy atom. The molecule has 0 fully saturated rings. The van der Waals surface area contributed by atoms with Crippen LogP contribution in [0.25, 0.3) is 11.4 Å². The van der Waals surface area contributed by atoms with Crippen molar-refractivity contribution in [3.05, 3.63) is 36.7 Å². The number of nitrogens with zero attached hydrogens (tertiary/aromatic N) is 2. The van der Waals surface area contributed by atoms with Gasteiger partial charge in [0.2, 0.25) is 0 Å². The van der Waals surface area contributed by atoms with Crippen molar-refractivity contribution in [1.29, 1.82) is 0 Å². The highest BCUT2D eigenvalue weighted by molar-refractivity contribution is 5.73. The van der Waals surface area contributed by atoms with E-state index in [2.05, 4.69) is 37.7 Å². The molecule has 0 radical (unpaired) electrons. The van der Waals surface area contributed by atoms with Crippen molar-refractivity contribution < 1.29 is 14.3 Å². The molecule has 0 spiro atoms. The van der Waals surface area contributed by atoms with Crippen molar-refractivity contribution in [3.63, 3.8) is 0 Å². The zero-order valence-corrected chi connectivity index (χ0v) is 20.4. The summed E-state index contributed by atoms with van der Waals surface area (Å²) in [6.45, 7) is 9.32. The molecule has 0 aliphatic heterocycles. The molecule has 0 aliphatic rings. The van der Waals surface area contributed by atoms with Crippen molar-refractivity contribution >= 4 is 5.97 Å². The molecule has 1 heterocycles. The average Bonchev–Trinajstić information content (AvgIpc) is 2.78. The summed E-state index contributed by atoms with van der Waals surface area (Å²) in [4.78, 5) is 21.1. The summed E-state index contributed by atoms with van der Waals surface area (Å²) in [5, 5.41) is 0. The summed E-state index contributed by atoms with van der Waals surface area (Å²) < 4.78 is 11.3. The van der Waals surface area contributed by atoms with Crippen molar-refractivity contribution in [1.82, 2.24) is 9.97 Å². The average molecular weight is 441 g/mol. The van der Waals surface area contributed by atoms with Crippen molar-refractivity contribution in [2.75, 3.05) is 6.61 Å². The summed E-state index contributed by atoms with van der Waals surface area (Å²) in [6.07, 6.45) is 14.5. The van der Waals surface area contributed by atoms with Gasteiger partial charge in [-0.15, -0.1) is 0 Å². The minimum absolute atomic E-state index is 0.0419. The molecule has 0 bridgehead atoms. The Kier molecular flexibility index (Phi) is 11.2. The van der Waals surface area contributed by atoms with Gasteiger partial charge in [-0.2, -0.15) is 0 Å². The predicted molar refractivity (Wildman–Crippen MR) is 130 cm³/mol. The van der Waals surface area contributed by atoms with Crippen LogP contribution in [-0.4, -0.2) is 22.5 Å². The van der Waals surface area contributed by atoms with Gasteiger partial charge in [0, 0.05) is 5.56 Å². The normalized spacial score (nSPS) is 11.4. The fourth-order valence-electron chi connectivity index (χ4n) is 3.59. The molecule has 0 saturated carbocycles. The molecule has 0 atom stereocenters. The van der Waals surface area contributed by atoms with E-state index < -0.39 is 0 Å². The van der Waals surface area contributed by atoms with Crippen LogP contribution in [0.15, 0.2) is 36.7 Å². The summed E-state index contributed by atoms with van der Waals surface area (Å²) in [7, 11) is 0. The largest absolute Gasteiger partial charge is 0.490 e. The van der Waals surface area contributed by atoms with Gasteiger partial charge in [0.15, 0.2) is 11.6 Å². The number of unbranched alkanes of at least 4 members (excludes halogenated alkanes) is 6. The quantitative estimate of drug-likeness (QED) is 0.164. The summed E-state index contributed by atoms with van der Waals surface area (Å²) in [6, 6.07) is 7.32. The van der Waals surface area contributed by atoms with Crippen molar-refractivity contribution in [2.24, 2.45) is 5.41 Å². The van der Waals surface area contributed by atoms with E-state index in [1.54, 1.807) is 24.5 Å². The van der Waals surface area contributed by atoms with Crippen LogP contribution in [0, 0.1) is 5.41 Å². The summed E-state index contributed by atoms with van der Waals surface area (Å²) in [5.41, 5.74) is 0.829. The lowest BCUT2D eigenvalue weighted by Crippen LogP contribution is -2.20. The van der Waals surface area contributed by atoms with Gasteiger partial charge >= 0.3 is 5.97 Å². The first-order chi connectivity index (χ1) is 15.4. The molecular weight excluding hydrogens is 400 g/mol. The molecule has 0 saturated heterocycles. The molecule has 0 amide bonds. The Balaban J connectivity index is 1.79. The van der Waals surface area contributed by atoms with E-state index in [-0.39, 0.29) is 11.4 Å². The van der Waals surface area contributed by atoms with E-state index >= 15 is 0 Å². The van der Waals surface area contributed by atoms with Gasteiger partial charge in [0.1, 0.15) is 5.75 Å². The molecule has 0 unspecified atom stereocenters. The third kappa shape index (κ3) is 9.80. The number of carbonyl (C=O) groups excluding carboxylic acids is 1.